The van der Waals surface area contributed by atoms with Gasteiger partial charge in [-0.25, -0.2) is 9.97 Å². The van der Waals surface area contributed by atoms with Gasteiger partial charge in [-0.3, -0.25) is 0 Å². The largest absolute Gasteiger partial charge is 0.370 e. The van der Waals surface area contributed by atoms with Crippen molar-refractivity contribution in [3.8, 4) is 0 Å². The van der Waals surface area contributed by atoms with Crippen molar-refractivity contribution in [2.75, 3.05) is 31.5 Å². The Bertz CT molecular complexity index is 402. The van der Waals surface area contributed by atoms with Gasteiger partial charge in [-0.2, -0.15) is 0 Å². The van der Waals surface area contributed by atoms with Gasteiger partial charge in [0.2, 0.25) is 0 Å². The SMILES string of the molecule is CC(C)c1c(Cl)ncnc1NCCCN1CCCC1. The number of aromatic nitrogens is 2. The maximum absolute atomic E-state index is 6.14. The standard InChI is InChI=1S/C14H23ClN4/c1-11(2)12-13(15)17-10-18-14(12)16-6-5-9-19-7-3-4-8-19/h10-11H,3-9H2,1-2H3,(H,16,17,18). The Kier molecular flexibility index (Phi) is 5.40. The van der Waals surface area contributed by atoms with Gasteiger partial charge in [0.05, 0.1) is 0 Å². The Balaban J connectivity index is 1.83. The topological polar surface area (TPSA) is 41.1 Å². The minimum Gasteiger partial charge on any atom is -0.370 e. The van der Waals surface area contributed by atoms with E-state index in [1.807, 2.05) is 0 Å². The maximum Gasteiger partial charge on any atom is 0.138 e. The molecule has 1 fully saturated rings. The molecule has 0 aromatic carbocycles. The van der Waals surface area contributed by atoms with Crippen LogP contribution in [0.25, 0.3) is 0 Å². The number of nitrogens with zero attached hydrogens (tertiary/aromatic N) is 3. The second kappa shape index (κ2) is 7.06. The fourth-order valence-corrected chi connectivity index (χ4v) is 2.89. The quantitative estimate of drug-likeness (QED) is 0.643. The van der Waals surface area contributed by atoms with Gasteiger partial charge >= 0.3 is 0 Å². The van der Waals surface area contributed by atoms with Crippen molar-refractivity contribution in [3.63, 3.8) is 0 Å². The third-order valence-corrected chi connectivity index (χ3v) is 3.86. The van der Waals surface area contributed by atoms with E-state index in [9.17, 15) is 0 Å². The molecule has 1 saturated heterocycles. The van der Waals surface area contributed by atoms with Gasteiger partial charge in [0, 0.05) is 12.1 Å². The number of nitrogens with one attached hydrogen (secondary N) is 1. The molecule has 0 saturated carbocycles. The van der Waals surface area contributed by atoms with Gasteiger partial charge in [-0.1, -0.05) is 25.4 Å². The van der Waals surface area contributed by atoms with Crippen molar-refractivity contribution >= 4 is 17.4 Å². The number of rotatable bonds is 6. The Morgan fingerprint density at radius 3 is 2.74 bits per heavy atom. The zero-order chi connectivity index (χ0) is 13.7. The summed E-state index contributed by atoms with van der Waals surface area (Å²) in [7, 11) is 0. The van der Waals surface area contributed by atoms with E-state index in [1.54, 1.807) is 0 Å². The van der Waals surface area contributed by atoms with Crippen molar-refractivity contribution in [2.45, 2.75) is 39.0 Å². The summed E-state index contributed by atoms with van der Waals surface area (Å²) in [6.45, 7) is 8.85. The second-order valence-electron chi connectivity index (χ2n) is 5.41. The molecule has 0 atom stereocenters. The minimum absolute atomic E-state index is 0.329. The van der Waals surface area contributed by atoms with Crippen molar-refractivity contribution in [3.05, 3.63) is 17.0 Å². The van der Waals surface area contributed by atoms with Crippen molar-refractivity contribution in [1.82, 2.24) is 14.9 Å². The Morgan fingerprint density at radius 2 is 2.05 bits per heavy atom. The fraction of sp³-hybridized carbons (Fsp3) is 0.714. The van der Waals surface area contributed by atoms with E-state index < -0.39 is 0 Å². The van der Waals surface area contributed by atoms with Crippen LogP contribution in [-0.2, 0) is 0 Å². The zero-order valence-electron chi connectivity index (χ0n) is 11.8. The predicted octanol–water partition coefficient (Wildman–Crippen LogP) is 3.15. The van der Waals surface area contributed by atoms with Crippen LogP contribution in [0.15, 0.2) is 6.33 Å². The molecule has 0 amide bonds. The summed E-state index contributed by atoms with van der Waals surface area (Å²) < 4.78 is 0. The molecule has 2 rings (SSSR count). The van der Waals surface area contributed by atoms with Crippen LogP contribution in [0.2, 0.25) is 5.15 Å². The summed E-state index contributed by atoms with van der Waals surface area (Å²) in [5.74, 6) is 1.21. The number of hydrogen-bond acceptors (Lipinski definition) is 4. The van der Waals surface area contributed by atoms with E-state index in [2.05, 4.69) is 34.0 Å². The number of halogens is 1. The van der Waals surface area contributed by atoms with Crippen LogP contribution in [0.5, 0.6) is 0 Å². The third-order valence-electron chi connectivity index (χ3n) is 3.55. The van der Waals surface area contributed by atoms with E-state index in [0.29, 0.717) is 11.1 Å². The van der Waals surface area contributed by atoms with E-state index in [-0.39, 0.29) is 0 Å². The Labute approximate surface area is 120 Å². The molecule has 0 radical (unpaired) electrons. The first-order chi connectivity index (χ1) is 9.18. The molecule has 19 heavy (non-hydrogen) atoms. The van der Waals surface area contributed by atoms with Gasteiger partial charge in [0.1, 0.15) is 17.3 Å². The Morgan fingerprint density at radius 1 is 1.32 bits per heavy atom. The summed E-state index contributed by atoms with van der Waals surface area (Å²) in [4.78, 5) is 10.9. The molecular weight excluding hydrogens is 260 g/mol. The average molecular weight is 283 g/mol. The summed E-state index contributed by atoms with van der Waals surface area (Å²) in [5.41, 5.74) is 1.02. The van der Waals surface area contributed by atoms with E-state index in [0.717, 1.165) is 24.3 Å². The predicted molar refractivity (Wildman–Crippen MR) is 79.9 cm³/mol. The molecule has 1 aromatic heterocycles. The number of likely N-dealkylation sites (tertiary alicyclic amines) is 1. The van der Waals surface area contributed by atoms with E-state index in [1.165, 1.54) is 38.8 Å². The zero-order valence-corrected chi connectivity index (χ0v) is 12.6. The van der Waals surface area contributed by atoms with Gasteiger partial charge in [-0.15, -0.1) is 0 Å². The normalized spacial score (nSPS) is 16.2. The molecule has 106 valence electrons. The van der Waals surface area contributed by atoms with E-state index >= 15 is 0 Å². The first-order valence-electron chi connectivity index (χ1n) is 7.15. The maximum atomic E-state index is 6.14. The van der Waals surface area contributed by atoms with Crippen LogP contribution >= 0.6 is 11.6 Å². The lowest BCUT2D eigenvalue weighted by atomic mass is 10.1. The van der Waals surface area contributed by atoms with Gasteiger partial charge in [0.15, 0.2) is 0 Å². The lowest BCUT2D eigenvalue weighted by Crippen LogP contribution is -2.22. The highest BCUT2D eigenvalue weighted by Crippen LogP contribution is 2.27. The van der Waals surface area contributed by atoms with Gasteiger partial charge < -0.3 is 10.2 Å². The molecule has 0 unspecified atom stereocenters. The van der Waals surface area contributed by atoms with Crippen LogP contribution in [0, 0.1) is 0 Å². The highest BCUT2D eigenvalue weighted by molar-refractivity contribution is 6.30. The van der Waals surface area contributed by atoms with Gasteiger partial charge in [0.25, 0.3) is 0 Å². The van der Waals surface area contributed by atoms with Crippen molar-refractivity contribution in [1.29, 1.82) is 0 Å². The molecule has 1 aromatic rings. The lowest BCUT2D eigenvalue weighted by molar-refractivity contribution is 0.337. The highest BCUT2D eigenvalue weighted by atomic mass is 35.5. The molecule has 0 spiro atoms. The van der Waals surface area contributed by atoms with Crippen LogP contribution in [0.3, 0.4) is 0 Å². The first-order valence-corrected chi connectivity index (χ1v) is 7.53. The lowest BCUT2D eigenvalue weighted by Gasteiger charge is -2.16. The van der Waals surface area contributed by atoms with Crippen LogP contribution in [0.4, 0.5) is 5.82 Å². The fourth-order valence-electron chi connectivity index (χ4n) is 2.54. The number of anilines is 1. The van der Waals surface area contributed by atoms with E-state index in [4.69, 9.17) is 11.6 Å². The monoisotopic (exact) mass is 282 g/mol. The molecule has 1 N–H and O–H groups in total. The minimum atomic E-state index is 0.329. The summed E-state index contributed by atoms with van der Waals surface area (Å²) >= 11 is 6.14. The molecule has 2 heterocycles. The highest BCUT2D eigenvalue weighted by Gasteiger charge is 2.14. The van der Waals surface area contributed by atoms with Crippen LogP contribution in [0.1, 0.15) is 44.6 Å². The van der Waals surface area contributed by atoms with Crippen molar-refractivity contribution < 1.29 is 0 Å². The molecule has 0 bridgehead atoms. The Hall–Kier alpha value is -0.870. The van der Waals surface area contributed by atoms with Crippen molar-refractivity contribution in [2.24, 2.45) is 0 Å². The molecule has 5 heteroatoms. The van der Waals surface area contributed by atoms with Gasteiger partial charge in [-0.05, 0) is 44.8 Å². The first kappa shape index (κ1) is 14.5. The molecule has 0 aliphatic carbocycles. The average Bonchev–Trinajstić information content (AvgIpc) is 2.87. The second-order valence-corrected chi connectivity index (χ2v) is 5.77. The molecule has 1 aliphatic rings. The summed E-state index contributed by atoms with van der Waals surface area (Å²) in [6.07, 6.45) is 5.37. The van der Waals surface area contributed by atoms with Crippen LogP contribution < -0.4 is 5.32 Å². The smallest absolute Gasteiger partial charge is 0.138 e. The summed E-state index contributed by atoms with van der Waals surface area (Å²) in [6, 6.07) is 0. The molecule has 1 aliphatic heterocycles. The number of hydrogen-bond donors (Lipinski definition) is 1. The summed E-state index contributed by atoms with van der Waals surface area (Å²) in [5, 5.41) is 3.96. The molecule has 4 nitrogen and oxygen atoms in total. The molecular formula is C14H23ClN4. The third kappa shape index (κ3) is 4.05. The van der Waals surface area contributed by atoms with Crippen LogP contribution in [-0.4, -0.2) is 41.0 Å².